The fraction of sp³-hybridized carbons (Fsp3) is 0.250. The summed E-state index contributed by atoms with van der Waals surface area (Å²) in [6, 6.07) is 28.9. The highest BCUT2D eigenvalue weighted by Gasteiger charge is 2.32. The van der Waals surface area contributed by atoms with Crippen molar-refractivity contribution in [3.63, 3.8) is 0 Å². The number of benzene rings is 3. The second-order valence-corrected chi connectivity index (χ2v) is 7.74. The Morgan fingerprint density at radius 3 is 1.70 bits per heavy atom. The summed E-state index contributed by atoms with van der Waals surface area (Å²) in [5.41, 5.74) is 3.09. The summed E-state index contributed by atoms with van der Waals surface area (Å²) in [6.45, 7) is 4.72. The number of ether oxygens (including phenoxy) is 3. The van der Waals surface area contributed by atoms with Crippen molar-refractivity contribution in [1.82, 2.24) is 0 Å². The van der Waals surface area contributed by atoms with Crippen LogP contribution in [0.4, 0.5) is 0 Å². The molecule has 0 aliphatic carbocycles. The molecule has 33 heavy (non-hydrogen) atoms. The van der Waals surface area contributed by atoms with Gasteiger partial charge in [-0.25, -0.2) is 0 Å². The highest BCUT2D eigenvalue weighted by molar-refractivity contribution is 5.73. The van der Waals surface area contributed by atoms with Crippen LogP contribution in [-0.4, -0.2) is 36.3 Å². The number of aliphatic hydroxyl groups excluding tert-OH is 1. The van der Waals surface area contributed by atoms with Crippen LogP contribution in [0.15, 0.2) is 103 Å². The average Bonchev–Trinajstić information content (AvgIpc) is 2.87. The number of aliphatic hydroxyl groups is 1. The van der Waals surface area contributed by atoms with E-state index in [4.69, 9.17) is 14.2 Å². The van der Waals surface area contributed by atoms with Crippen molar-refractivity contribution in [3.05, 3.63) is 120 Å². The lowest BCUT2D eigenvalue weighted by Gasteiger charge is -2.31. The van der Waals surface area contributed by atoms with E-state index in [0.29, 0.717) is 12.9 Å². The maximum absolute atomic E-state index is 11.6. The summed E-state index contributed by atoms with van der Waals surface area (Å²) < 4.78 is 17.9. The van der Waals surface area contributed by atoms with Gasteiger partial charge in [-0.05, 0) is 16.7 Å². The first-order chi connectivity index (χ1) is 16.2. The zero-order valence-corrected chi connectivity index (χ0v) is 18.6. The molecular weight excluding hydrogens is 416 g/mol. The predicted octanol–water partition coefficient (Wildman–Crippen LogP) is 4.49. The van der Waals surface area contributed by atoms with Gasteiger partial charge in [-0.2, -0.15) is 0 Å². The van der Waals surface area contributed by atoms with E-state index in [0.717, 1.165) is 16.7 Å². The lowest BCUT2D eigenvalue weighted by molar-refractivity contribution is -0.139. The van der Waals surface area contributed by atoms with Gasteiger partial charge in [0.1, 0.15) is 24.6 Å². The maximum Gasteiger partial charge on any atom is 0.148 e. The zero-order chi connectivity index (χ0) is 23.3. The van der Waals surface area contributed by atoms with Crippen molar-refractivity contribution in [2.75, 3.05) is 6.61 Å². The molecule has 0 aromatic heterocycles. The van der Waals surface area contributed by atoms with Gasteiger partial charge in [0.25, 0.3) is 0 Å². The van der Waals surface area contributed by atoms with E-state index in [1.54, 1.807) is 0 Å². The van der Waals surface area contributed by atoms with E-state index in [1.807, 2.05) is 91.0 Å². The predicted molar refractivity (Wildman–Crippen MR) is 127 cm³/mol. The van der Waals surface area contributed by atoms with Crippen molar-refractivity contribution in [2.24, 2.45) is 0 Å². The molecule has 0 fully saturated rings. The molecule has 5 heteroatoms. The summed E-state index contributed by atoms with van der Waals surface area (Å²) in [4.78, 5) is 11.6. The lowest BCUT2D eigenvalue weighted by atomic mass is 10.0. The van der Waals surface area contributed by atoms with Crippen LogP contribution in [0.1, 0.15) is 16.7 Å². The van der Waals surface area contributed by atoms with Crippen LogP contribution in [0.25, 0.3) is 0 Å². The van der Waals surface area contributed by atoms with Crippen LogP contribution >= 0.6 is 0 Å². The van der Waals surface area contributed by atoms with Gasteiger partial charge in [0, 0.05) is 5.57 Å². The van der Waals surface area contributed by atoms with Crippen molar-refractivity contribution in [2.45, 2.75) is 38.1 Å². The Morgan fingerprint density at radius 1 is 0.758 bits per heavy atom. The molecule has 0 bridgehead atoms. The first-order valence-corrected chi connectivity index (χ1v) is 10.9. The molecule has 0 spiro atoms. The van der Waals surface area contributed by atoms with Crippen molar-refractivity contribution in [1.29, 1.82) is 0 Å². The number of carbonyl (C=O) groups is 1. The largest absolute Gasteiger partial charge is 0.388 e. The Hall–Kier alpha value is -3.09. The Balaban J connectivity index is 1.71. The molecule has 172 valence electrons. The third-order valence-corrected chi connectivity index (χ3v) is 5.15. The summed E-state index contributed by atoms with van der Waals surface area (Å²) in [5, 5.41) is 11.0. The smallest absolute Gasteiger partial charge is 0.148 e. The van der Waals surface area contributed by atoms with E-state index in [1.165, 1.54) is 0 Å². The quantitative estimate of drug-likeness (QED) is 0.292. The minimum absolute atomic E-state index is 0.0195. The Morgan fingerprint density at radius 2 is 1.21 bits per heavy atom. The minimum atomic E-state index is -1.03. The summed E-state index contributed by atoms with van der Waals surface area (Å²) >= 11 is 0. The van der Waals surface area contributed by atoms with Crippen molar-refractivity contribution in [3.8, 4) is 0 Å². The molecule has 0 aliphatic heterocycles. The lowest BCUT2D eigenvalue weighted by Crippen LogP contribution is -2.44. The van der Waals surface area contributed by atoms with Crippen LogP contribution < -0.4 is 0 Å². The van der Waals surface area contributed by atoms with Gasteiger partial charge in [0.2, 0.25) is 0 Å². The molecule has 3 rings (SSSR count). The Labute approximate surface area is 195 Å². The van der Waals surface area contributed by atoms with Gasteiger partial charge in [-0.3, -0.25) is 4.79 Å². The normalized spacial score (nSPS) is 13.7. The number of hydrogen-bond acceptors (Lipinski definition) is 5. The van der Waals surface area contributed by atoms with Gasteiger partial charge < -0.3 is 19.3 Å². The molecule has 3 atom stereocenters. The molecule has 0 unspecified atom stereocenters. The molecule has 3 aromatic carbocycles. The number of hydrogen-bond donors (Lipinski definition) is 1. The van der Waals surface area contributed by atoms with E-state index in [9.17, 15) is 9.90 Å². The molecule has 3 aromatic rings. The van der Waals surface area contributed by atoms with Gasteiger partial charge in [-0.15, -0.1) is 0 Å². The van der Waals surface area contributed by atoms with Gasteiger partial charge >= 0.3 is 0 Å². The van der Waals surface area contributed by atoms with Crippen LogP contribution in [0.5, 0.6) is 0 Å². The molecule has 0 aliphatic rings. The second kappa shape index (κ2) is 13.5. The van der Waals surface area contributed by atoms with Crippen molar-refractivity contribution < 1.29 is 24.1 Å². The summed E-state index contributed by atoms with van der Waals surface area (Å²) in [5.74, 6) is 0. The third kappa shape index (κ3) is 8.08. The molecule has 0 amide bonds. The second-order valence-electron chi connectivity index (χ2n) is 7.74. The first-order valence-electron chi connectivity index (χ1n) is 10.9. The molecule has 0 saturated heterocycles. The average molecular weight is 447 g/mol. The molecule has 1 N–H and O–H groups in total. The van der Waals surface area contributed by atoms with Gasteiger partial charge in [0.15, 0.2) is 0 Å². The number of aldehydes is 1. The van der Waals surface area contributed by atoms with Crippen LogP contribution in [0.2, 0.25) is 0 Å². The fourth-order valence-corrected chi connectivity index (χ4v) is 3.37. The molecule has 0 radical (unpaired) electrons. The topological polar surface area (TPSA) is 65.0 Å². The van der Waals surface area contributed by atoms with E-state index >= 15 is 0 Å². The van der Waals surface area contributed by atoms with Crippen LogP contribution in [0.3, 0.4) is 0 Å². The Bertz CT molecular complexity index is 959. The highest BCUT2D eigenvalue weighted by Crippen LogP contribution is 2.20. The molecule has 5 nitrogen and oxygen atoms in total. The van der Waals surface area contributed by atoms with Crippen LogP contribution in [0, 0.1) is 0 Å². The molecule has 0 heterocycles. The van der Waals surface area contributed by atoms with Gasteiger partial charge in [0.05, 0.1) is 26.4 Å². The maximum atomic E-state index is 11.6. The number of rotatable bonds is 14. The van der Waals surface area contributed by atoms with Crippen molar-refractivity contribution >= 4 is 6.29 Å². The first kappa shape index (κ1) is 24.6. The van der Waals surface area contributed by atoms with E-state index in [2.05, 4.69) is 6.58 Å². The summed E-state index contributed by atoms with van der Waals surface area (Å²) in [7, 11) is 0. The molecular formula is C28H30O5. The fourth-order valence-electron chi connectivity index (χ4n) is 3.37. The third-order valence-electron chi connectivity index (χ3n) is 5.15. The molecule has 0 saturated carbocycles. The van der Waals surface area contributed by atoms with E-state index < -0.39 is 18.3 Å². The van der Waals surface area contributed by atoms with Gasteiger partial charge in [-0.1, -0.05) is 97.6 Å². The number of carbonyl (C=O) groups excluding carboxylic acids is 1. The van der Waals surface area contributed by atoms with Crippen LogP contribution in [-0.2, 0) is 38.8 Å². The highest BCUT2D eigenvalue weighted by atomic mass is 16.6. The SMILES string of the molecule is C=C(C=O)[C@@H](OCc1ccccc1)[C@H](OCc1ccccc1)[C@H](O)COCc1ccccc1. The minimum Gasteiger partial charge on any atom is -0.388 e. The summed E-state index contributed by atoms with van der Waals surface area (Å²) in [6.07, 6.45) is -2.06. The van der Waals surface area contributed by atoms with E-state index in [-0.39, 0.29) is 25.4 Å². The Kier molecular flexibility index (Phi) is 10.0. The zero-order valence-electron chi connectivity index (χ0n) is 18.6. The standard InChI is InChI=1S/C28H30O5/c1-22(17-29)27(32-19-24-13-7-3-8-14-24)28(33-20-25-15-9-4-10-16-25)26(30)21-31-18-23-11-5-2-6-12-23/h2-17,26-28,30H,1,18-21H2/t26-,27-,28-/m1/s1. The monoisotopic (exact) mass is 446 g/mol.